The lowest BCUT2D eigenvalue weighted by Gasteiger charge is -2.37. The number of nitrogens with zero attached hydrogens (tertiary/aromatic N) is 4. The third-order valence-electron chi connectivity index (χ3n) is 12.5. The van der Waals surface area contributed by atoms with Gasteiger partial charge in [0.05, 0.1) is 27.2 Å². The molecule has 0 bridgehead atoms. The molecule has 65 heavy (non-hydrogen) atoms. The van der Waals surface area contributed by atoms with Gasteiger partial charge in [0.1, 0.15) is 59.9 Å². The second-order valence-electron chi connectivity index (χ2n) is 16.3. The molecule has 3 unspecified atom stereocenters. The van der Waals surface area contributed by atoms with E-state index in [4.69, 9.17) is 39.9 Å². The summed E-state index contributed by atoms with van der Waals surface area (Å²) in [6.07, 6.45) is 1.48. The average molecular weight is 877 g/mol. The van der Waals surface area contributed by atoms with Crippen molar-refractivity contribution in [3.8, 4) is 22.6 Å². The number of hydrogen-bond donors (Lipinski definition) is 3. The number of unbranched alkanes of at least 4 members (excludes halogenated alkanes) is 1. The number of esters is 1. The highest BCUT2D eigenvalue weighted by atomic mass is 16.6. The maximum atomic E-state index is 13.1. The van der Waals surface area contributed by atoms with Gasteiger partial charge in [-0.3, -0.25) is 9.36 Å². The number of hydrogen-bond acceptors (Lipinski definition) is 13. The second-order valence-corrected chi connectivity index (χ2v) is 16.3. The van der Waals surface area contributed by atoms with Crippen LogP contribution in [-0.4, -0.2) is 82.4 Å². The maximum Gasteiger partial charge on any atom is 0.323 e. The normalized spacial score (nSPS) is 18.3. The summed E-state index contributed by atoms with van der Waals surface area (Å²) in [5, 5.41) is 12.1. The molecule has 5 aromatic carbocycles. The number of rotatable bonds is 18. The zero-order chi connectivity index (χ0) is 44.9. The lowest BCUT2D eigenvalue weighted by atomic mass is 9.80. The Morgan fingerprint density at radius 2 is 1.51 bits per heavy atom. The van der Waals surface area contributed by atoms with Gasteiger partial charge in [0, 0.05) is 6.61 Å². The third-order valence-corrected chi connectivity index (χ3v) is 12.5. The number of benzene rings is 5. The van der Waals surface area contributed by atoms with Gasteiger partial charge in [-0.25, -0.2) is 15.0 Å². The summed E-state index contributed by atoms with van der Waals surface area (Å²) in [6.45, 7) is 0.345. The van der Waals surface area contributed by atoms with Crippen LogP contribution in [-0.2, 0) is 42.4 Å². The fraction of sp³-hybridized carbons (Fsp3) is 0.294. The molecular weight excluding hydrogens is 825 g/mol. The predicted octanol–water partition coefficient (Wildman–Crippen LogP) is 6.89. The molecule has 3 heterocycles. The molecule has 5 N–H and O–H groups in total. The maximum absolute atomic E-state index is 13.1. The molecule has 1 saturated heterocycles. The summed E-state index contributed by atoms with van der Waals surface area (Å²) in [7, 11) is 3.25. The number of imidazole rings is 1. The number of carbonyl (C=O) groups excluding carboxylic acids is 1. The Kier molecular flexibility index (Phi) is 12.9. The van der Waals surface area contributed by atoms with Gasteiger partial charge in [0.2, 0.25) is 0 Å². The molecule has 14 nitrogen and oxygen atoms in total. The Balaban J connectivity index is 0.898. The Labute approximate surface area is 377 Å². The van der Waals surface area contributed by atoms with Gasteiger partial charge in [-0.05, 0) is 94.5 Å². The molecule has 0 saturated carbocycles. The van der Waals surface area contributed by atoms with Crippen LogP contribution in [0.25, 0.3) is 22.3 Å². The quantitative estimate of drug-likeness (QED) is 0.0460. The summed E-state index contributed by atoms with van der Waals surface area (Å²) < 4.78 is 38.8. The Morgan fingerprint density at radius 3 is 2.23 bits per heavy atom. The molecule has 9 rings (SSSR count). The molecule has 1 aliphatic carbocycles. The number of ether oxygens (including phenoxy) is 6. The zero-order valence-electron chi connectivity index (χ0n) is 36.3. The van der Waals surface area contributed by atoms with Crippen molar-refractivity contribution in [2.45, 2.75) is 68.5 Å². The lowest BCUT2D eigenvalue weighted by molar-refractivity contribution is -0.146. The smallest absolute Gasteiger partial charge is 0.323 e. The van der Waals surface area contributed by atoms with E-state index in [1.807, 2.05) is 103 Å². The number of methoxy groups -OCH3 is 2. The fourth-order valence-corrected chi connectivity index (χ4v) is 9.02. The van der Waals surface area contributed by atoms with Crippen molar-refractivity contribution in [3.63, 3.8) is 0 Å². The van der Waals surface area contributed by atoms with E-state index < -0.39 is 42.2 Å². The van der Waals surface area contributed by atoms with Gasteiger partial charge in [-0.2, -0.15) is 0 Å². The molecule has 0 radical (unpaired) electrons. The number of anilines is 1. The number of nitrogen functional groups attached to an aromatic ring is 1. The van der Waals surface area contributed by atoms with Crippen LogP contribution in [0.2, 0.25) is 0 Å². The highest BCUT2D eigenvalue weighted by Gasteiger charge is 2.48. The first kappa shape index (κ1) is 43.6. The van der Waals surface area contributed by atoms with E-state index >= 15 is 0 Å². The molecule has 1 fully saturated rings. The van der Waals surface area contributed by atoms with Gasteiger partial charge in [-0.15, -0.1) is 0 Å². The van der Waals surface area contributed by atoms with Crippen LogP contribution >= 0.6 is 0 Å². The SMILES string of the molecule is COc1ccc(C(OC[C@H]2O[C@@H](n3cnc4c(N)ncnc43)C(OCCCCC(N)C(=O)OCc3cccc4c3Cc3ccccc3-4)C2O)(c2ccccc2)c2ccc(OC)cc2)cc1. The minimum absolute atomic E-state index is 0.0517. The minimum atomic E-state index is -1.16. The lowest BCUT2D eigenvalue weighted by Crippen LogP contribution is -2.40. The van der Waals surface area contributed by atoms with E-state index in [0.717, 1.165) is 28.7 Å². The summed E-state index contributed by atoms with van der Waals surface area (Å²) in [4.78, 5) is 26.1. The predicted molar refractivity (Wildman–Crippen MR) is 244 cm³/mol. The molecule has 2 aliphatic rings. The Bertz CT molecular complexity index is 2680. The largest absolute Gasteiger partial charge is 0.497 e. The van der Waals surface area contributed by atoms with E-state index in [1.165, 1.54) is 28.6 Å². The second kappa shape index (κ2) is 19.2. The summed E-state index contributed by atoms with van der Waals surface area (Å²) >= 11 is 0. The topological polar surface area (TPSA) is 188 Å². The first-order valence-electron chi connectivity index (χ1n) is 21.8. The first-order valence-corrected chi connectivity index (χ1v) is 21.8. The van der Waals surface area contributed by atoms with E-state index in [2.05, 4.69) is 33.2 Å². The van der Waals surface area contributed by atoms with Crippen LogP contribution in [0.3, 0.4) is 0 Å². The highest BCUT2D eigenvalue weighted by molar-refractivity contribution is 5.81. The summed E-state index contributed by atoms with van der Waals surface area (Å²) in [6, 6.07) is 39.0. The number of aromatic nitrogens is 4. The fourth-order valence-electron chi connectivity index (χ4n) is 9.02. The monoisotopic (exact) mass is 876 g/mol. The highest BCUT2D eigenvalue weighted by Crippen LogP contribution is 2.44. The van der Waals surface area contributed by atoms with Gasteiger partial charge in [0.15, 0.2) is 17.7 Å². The molecule has 2 aromatic heterocycles. The summed E-state index contributed by atoms with van der Waals surface area (Å²) in [5.74, 6) is 1.15. The number of nitrogens with two attached hydrogens (primary N) is 2. The standard InChI is InChI=1S/C51H52N6O8/c1-60-37-22-18-35(19-23-37)51(34-13-4-3-5-14-34,36-20-24-38(61-2)25-21-36)64-29-43-45(58)46(49(65-43)57-31-56-44-47(53)54-30-55-48(44)57)62-26-9-8-17-42(52)50(59)63-28-33-12-10-16-40-39-15-7-6-11-32(39)27-41(33)40/h3-7,10-16,18-25,30-31,42-43,45-46,49,58H,8-9,17,26-29,52H2,1-2H3,(H2,53,54,55)/t42?,43-,45?,46?,49-/m1/s1. The van der Waals surface area contributed by atoms with E-state index in [-0.39, 0.29) is 25.6 Å². The third kappa shape index (κ3) is 8.66. The van der Waals surface area contributed by atoms with Gasteiger partial charge in [0.25, 0.3) is 0 Å². The van der Waals surface area contributed by atoms with Gasteiger partial charge in [-0.1, -0.05) is 97.1 Å². The molecule has 14 heteroatoms. The van der Waals surface area contributed by atoms with Crippen LogP contribution in [0.15, 0.2) is 134 Å². The molecule has 7 aromatic rings. The van der Waals surface area contributed by atoms with E-state index in [0.29, 0.717) is 41.9 Å². The van der Waals surface area contributed by atoms with Crippen LogP contribution in [0.5, 0.6) is 11.5 Å². The van der Waals surface area contributed by atoms with Crippen molar-refractivity contribution < 1.29 is 38.3 Å². The number of carbonyl (C=O) groups is 1. The van der Waals surface area contributed by atoms with E-state index in [9.17, 15) is 9.90 Å². The molecule has 334 valence electrons. The van der Waals surface area contributed by atoms with Crippen molar-refractivity contribution in [1.82, 2.24) is 19.5 Å². The number of fused-ring (bicyclic) bond motifs is 4. The van der Waals surface area contributed by atoms with Crippen molar-refractivity contribution >= 4 is 23.0 Å². The van der Waals surface area contributed by atoms with Crippen LogP contribution < -0.4 is 20.9 Å². The van der Waals surface area contributed by atoms with Crippen LogP contribution in [0.1, 0.15) is 58.9 Å². The van der Waals surface area contributed by atoms with Crippen molar-refractivity contribution in [2.24, 2.45) is 5.73 Å². The minimum Gasteiger partial charge on any atom is -0.497 e. The van der Waals surface area contributed by atoms with Crippen molar-refractivity contribution in [1.29, 1.82) is 0 Å². The number of aliphatic hydroxyl groups excluding tert-OH is 1. The van der Waals surface area contributed by atoms with Crippen molar-refractivity contribution in [2.75, 3.05) is 33.2 Å². The van der Waals surface area contributed by atoms with E-state index in [1.54, 1.807) is 25.1 Å². The van der Waals surface area contributed by atoms with Crippen LogP contribution in [0.4, 0.5) is 5.82 Å². The Hall–Kier alpha value is -6.68. The molecule has 0 amide bonds. The molecule has 0 spiro atoms. The average Bonchev–Trinajstić information content (AvgIpc) is 4.05. The van der Waals surface area contributed by atoms with Gasteiger partial charge >= 0.3 is 5.97 Å². The zero-order valence-corrected chi connectivity index (χ0v) is 36.3. The molecule has 1 aliphatic heterocycles. The van der Waals surface area contributed by atoms with Gasteiger partial charge < -0.3 is 45.0 Å². The summed E-state index contributed by atoms with van der Waals surface area (Å²) in [5.41, 5.74) is 20.5. The molecular formula is C51H52N6O8. The first-order chi connectivity index (χ1) is 31.8. The van der Waals surface area contributed by atoms with Crippen LogP contribution in [0, 0.1) is 0 Å². The Morgan fingerprint density at radius 1 is 0.831 bits per heavy atom. The molecule has 5 atom stereocenters. The van der Waals surface area contributed by atoms with Crippen molar-refractivity contribution in [3.05, 3.63) is 167 Å². The number of aliphatic hydroxyl groups is 1.